The van der Waals surface area contributed by atoms with Crippen molar-refractivity contribution >= 4 is 38.6 Å². The Labute approximate surface area is 211 Å². The fraction of sp³-hybridized carbons (Fsp3) is 0.407. The molecule has 1 amide bonds. The lowest BCUT2D eigenvalue weighted by Crippen LogP contribution is -2.41. The van der Waals surface area contributed by atoms with E-state index in [1.54, 1.807) is 32.0 Å². The Kier molecular flexibility index (Phi) is 7.68. The average Bonchev–Trinajstić information content (AvgIpc) is 3.20. The highest BCUT2D eigenvalue weighted by atomic mass is 32.2. The zero-order chi connectivity index (χ0) is 25.9. The summed E-state index contributed by atoms with van der Waals surface area (Å²) in [7, 11) is -4.26. The van der Waals surface area contributed by atoms with Gasteiger partial charge in [-0.05, 0) is 76.1 Å². The van der Waals surface area contributed by atoms with Crippen LogP contribution in [0.15, 0.2) is 51.8 Å². The summed E-state index contributed by atoms with van der Waals surface area (Å²) in [6, 6.07) is 10.6. The number of fused-ring (bicyclic) bond motifs is 1. The second-order valence-electron chi connectivity index (χ2n) is 8.78. The third-order valence-electron chi connectivity index (χ3n) is 6.39. The monoisotopic (exact) mass is 513 g/mol. The molecular formula is C27H31NO7S. The van der Waals surface area contributed by atoms with Gasteiger partial charge in [-0.1, -0.05) is 19.3 Å². The predicted molar refractivity (Wildman–Crippen MR) is 136 cm³/mol. The molecule has 3 aromatic rings. The number of aryl methyl sites for hydroxylation is 1. The molecule has 8 nitrogen and oxygen atoms in total. The molecule has 1 saturated carbocycles. The van der Waals surface area contributed by atoms with Gasteiger partial charge in [-0.25, -0.2) is 17.5 Å². The molecule has 1 fully saturated rings. The Balaban J connectivity index is 1.84. The third kappa shape index (κ3) is 4.97. The second kappa shape index (κ2) is 10.7. The van der Waals surface area contributed by atoms with E-state index in [9.17, 15) is 18.0 Å². The van der Waals surface area contributed by atoms with Crippen molar-refractivity contribution in [2.75, 3.05) is 17.5 Å². The molecule has 0 unspecified atom stereocenters. The summed E-state index contributed by atoms with van der Waals surface area (Å²) in [6.07, 6.45) is 4.05. The number of sulfonamides is 1. The van der Waals surface area contributed by atoms with Gasteiger partial charge in [0.25, 0.3) is 10.0 Å². The minimum absolute atomic E-state index is 0.0239. The van der Waals surface area contributed by atoms with Gasteiger partial charge in [0.1, 0.15) is 22.7 Å². The number of esters is 1. The first kappa shape index (κ1) is 25.8. The molecule has 0 radical (unpaired) electrons. The van der Waals surface area contributed by atoms with Crippen molar-refractivity contribution in [1.82, 2.24) is 0 Å². The maximum absolute atomic E-state index is 13.9. The molecule has 4 rings (SSSR count). The van der Waals surface area contributed by atoms with Crippen LogP contribution in [-0.2, 0) is 19.6 Å². The third-order valence-corrected chi connectivity index (χ3v) is 8.13. The van der Waals surface area contributed by atoms with Gasteiger partial charge in [0, 0.05) is 11.3 Å². The van der Waals surface area contributed by atoms with Crippen LogP contribution in [0.5, 0.6) is 5.75 Å². The van der Waals surface area contributed by atoms with Crippen LogP contribution in [0.3, 0.4) is 0 Å². The fourth-order valence-electron chi connectivity index (χ4n) is 4.67. The zero-order valence-corrected chi connectivity index (χ0v) is 21.6. The smallest absolute Gasteiger partial charge is 0.342 e. The number of furan rings is 1. The summed E-state index contributed by atoms with van der Waals surface area (Å²) >= 11 is 0. The largest absolute Gasteiger partial charge is 0.494 e. The first-order valence-corrected chi connectivity index (χ1v) is 13.7. The van der Waals surface area contributed by atoms with Gasteiger partial charge in [-0.15, -0.1) is 0 Å². The average molecular weight is 514 g/mol. The molecule has 1 aliphatic carbocycles. The molecule has 1 heterocycles. The van der Waals surface area contributed by atoms with Crippen LogP contribution in [0.2, 0.25) is 0 Å². The molecule has 9 heteroatoms. The van der Waals surface area contributed by atoms with E-state index in [0.717, 1.165) is 23.6 Å². The van der Waals surface area contributed by atoms with Gasteiger partial charge >= 0.3 is 5.97 Å². The molecular weight excluding hydrogens is 482 g/mol. The van der Waals surface area contributed by atoms with E-state index in [1.165, 1.54) is 24.3 Å². The van der Waals surface area contributed by atoms with Crippen LogP contribution in [0.25, 0.3) is 11.0 Å². The Bertz CT molecular complexity index is 1350. The molecule has 0 spiro atoms. The quantitative estimate of drug-likeness (QED) is 0.360. The number of carbonyl (C=O) groups is 2. The van der Waals surface area contributed by atoms with Crippen molar-refractivity contribution in [1.29, 1.82) is 0 Å². The van der Waals surface area contributed by atoms with Crippen LogP contribution in [0.1, 0.15) is 62.1 Å². The highest BCUT2D eigenvalue weighted by molar-refractivity contribution is 7.93. The first-order valence-electron chi connectivity index (χ1n) is 12.3. The number of hydrogen-bond donors (Lipinski definition) is 0. The van der Waals surface area contributed by atoms with Gasteiger partial charge in [0.2, 0.25) is 5.91 Å². The summed E-state index contributed by atoms with van der Waals surface area (Å²) in [4.78, 5) is 26.3. The Morgan fingerprint density at radius 3 is 2.33 bits per heavy atom. The SMILES string of the molecule is CCOC(=O)c1c(C)oc2ccc(N(C(=O)C3CCCCC3)S(=O)(=O)c3ccc(OCC)cc3)cc12. The number of amides is 1. The molecule has 2 aromatic carbocycles. The number of benzene rings is 2. The maximum Gasteiger partial charge on any atom is 0.342 e. The molecule has 0 bridgehead atoms. The standard InChI is InChI=1S/C27H31NO7S/c1-4-33-21-12-14-22(15-13-21)36(31,32)28(26(29)19-9-7-6-8-10-19)20-11-16-24-23(17-20)25(18(3)35-24)27(30)34-5-2/h11-17,19H,4-10H2,1-3H3. The Hall–Kier alpha value is -3.33. The molecule has 1 aromatic heterocycles. The van der Waals surface area contributed by atoms with Crippen molar-refractivity contribution in [3.63, 3.8) is 0 Å². The molecule has 36 heavy (non-hydrogen) atoms. The topological polar surface area (TPSA) is 103 Å². The lowest BCUT2D eigenvalue weighted by atomic mass is 9.88. The minimum atomic E-state index is -4.26. The number of nitrogens with zero attached hydrogens (tertiary/aromatic N) is 1. The first-order chi connectivity index (χ1) is 17.3. The number of anilines is 1. The molecule has 0 N–H and O–H groups in total. The highest BCUT2D eigenvalue weighted by Gasteiger charge is 2.36. The normalized spacial score (nSPS) is 14.5. The van der Waals surface area contributed by atoms with Crippen LogP contribution in [-0.4, -0.2) is 33.5 Å². The van der Waals surface area contributed by atoms with Crippen LogP contribution in [0, 0.1) is 12.8 Å². The van der Waals surface area contributed by atoms with Gasteiger partial charge in [0.05, 0.1) is 23.8 Å². The van der Waals surface area contributed by atoms with E-state index in [0.29, 0.717) is 41.9 Å². The Morgan fingerprint density at radius 1 is 1.00 bits per heavy atom. The van der Waals surface area contributed by atoms with Crippen LogP contribution >= 0.6 is 0 Å². The minimum Gasteiger partial charge on any atom is -0.494 e. The summed E-state index contributed by atoms with van der Waals surface area (Å²) in [6.45, 7) is 5.82. The van der Waals surface area contributed by atoms with Crippen molar-refractivity contribution in [2.24, 2.45) is 5.92 Å². The van der Waals surface area contributed by atoms with E-state index < -0.39 is 27.8 Å². The number of carbonyl (C=O) groups excluding carboxylic acids is 2. The number of ether oxygens (including phenoxy) is 2. The van der Waals surface area contributed by atoms with E-state index in [2.05, 4.69) is 0 Å². The van der Waals surface area contributed by atoms with Crippen molar-refractivity contribution in [3.8, 4) is 5.75 Å². The number of rotatable bonds is 8. The van der Waals surface area contributed by atoms with Crippen LogP contribution in [0.4, 0.5) is 5.69 Å². The van der Waals surface area contributed by atoms with E-state index in [4.69, 9.17) is 13.9 Å². The summed E-state index contributed by atoms with van der Waals surface area (Å²) < 4.78 is 45.0. The van der Waals surface area contributed by atoms with Gasteiger partial charge < -0.3 is 13.9 Å². The van der Waals surface area contributed by atoms with Crippen LogP contribution < -0.4 is 9.04 Å². The molecule has 1 aliphatic rings. The second-order valence-corrected chi connectivity index (χ2v) is 10.6. The lowest BCUT2D eigenvalue weighted by molar-refractivity contribution is -0.122. The molecule has 0 saturated heterocycles. The maximum atomic E-state index is 13.9. The van der Waals surface area contributed by atoms with E-state index >= 15 is 0 Å². The molecule has 192 valence electrons. The highest BCUT2D eigenvalue weighted by Crippen LogP contribution is 2.35. The van der Waals surface area contributed by atoms with Gasteiger partial charge in [0.15, 0.2) is 0 Å². The molecule has 0 atom stereocenters. The predicted octanol–water partition coefficient (Wildman–Crippen LogP) is 5.62. The van der Waals surface area contributed by atoms with E-state index in [1.807, 2.05) is 6.92 Å². The lowest BCUT2D eigenvalue weighted by Gasteiger charge is -2.29. The van der Waals surface area contributed by atoms with Crippen molar-refractivity contribution in [3.05, 3.63) is 53.8 Å². The summed E-state index contributed by atoms with van der Waals surface area (Å²) in [5.41, 5.74) is 0.776. The summed E-state index contributed by atoms with van der Waals surface area (Å²) in [5.74, 6) is -0.537. The fourth-order valence-corrected chi connectivity index (χ4v) is 6.14. The summed E-state index contributed by atoms with van der Waals surface area (Å²) in [5, 5.41) is 0.395. The van der Waals surface area contributed by atoms with Gasteiger partial charge in [-0.3, -0.25) is 4.79 Å². The zero-order valence-electron chi connectivity index (χ0n) is 20.8. The molecule has 0 aliphatic heterocycles. The van der Waals surface area contributed by atoms with E-state index in [-0.39, 0.29) is 22.8 Å². The Morgan fingerprint density at radius 2 is 1.69 bits per heavy atom. The van der Waals surface area contributed by atoms with Crippen molar-refractivity contribution < 1.29 is 31.9 Å². The number of hydrogen-bond acceptors (Lipinski definition) is 7. The van der Waals surface area contributed by atoms with Gasteiger partial charge in [-0.2, -0.15) is 0 Å². The van der Waals surface area contributed by atoms with Crippen molar-refractivity contribution in [2.45, 2.75) is 57.8 Å².